The highest BCUT2D eigenvalue weighted by atomic mass is 14.9. The number of piperidine rings is 1. The quantitative estimate of drug-likeness (QED) is 0.891. The molecule has 1 aromatic heterocycles. The van der Waals surface area contributed by atoms with Crippen molar-refractivity contribution in [2.75, 3.05) is 13.1 Å². The first-order chi connectivity index (χ1) is 8.92. The van der Waals surface area contributed by atoms with E-state index in [1.165, 1.54) is 49.7 Å². The molecule has 18 heavy (non-hydrogen) atoms. The van der Waals surface area contributed by atoms with E-state index < -0.39 is 0 Å². The number of nitrogens with one attached hydrogen (secondary N) is 1. The van der Waals surface area contributed by atoms with Crippen molar-refractivity contribution < 1.29 is 0 Å². The molecule has 94 valence electrons. The van der Waals surface area contributed by atoms with E-state index in [2.05, 4.69) is 34.6 Å². The van der Waals surface area contributed by atoms with Crippen LogP contribution in [0.5, 0.6) is 0 Å². The highest BCUT2D eigenvalue weighted by molar-refractivity contribution is 5.78. The minimum Gasteiger partial charge on any atom is -0.316 e. The van der Waals surface area contributed by atoms with Crippen LogP contribution < -0.4 is 5.32 Å². The van der Waals surface area contributed by atoms with Gasteiger partial charge < -0.3 is 5.32 Å². The predicted octanol–water partition coefficient (Wildman–Crippen LogP) is 3.17. The Hall–Kier alpha value is -1.41. The van der Waals surface area contributed by atoms with Crippen LogP contribution in [0.25, 0.3) is 10.9 Å². The van der Waals surface area contributed by atoms with Crippen molar-refractivity contribution in [1.82, 2.24) is 10.3 Å². The summed E-state index contributed by atoms with van der Waals surface area (Å²) in [5, 5.41) is 4.75. The van der Waals surface area contributed by atoms with Gasteiger partial charge in [-0.05, 0) is 68.5 Å². The average molecular weight is 240 g/mol. The van der Waals surface area contributed by atoms with Gasteiger partial charge in [0, 0.05) is 11.6 Å². The fraction of sp³-hybridized carbons (Fsp3) is 0.438. The Balaban J connectivity index is 1.66. The summed E-state index contributed by atoms with van der Waals surface area (Å²) in [5.74, 6) is 0.864. The van der Waals surface area contributed by atoms with Crippen molar-refractivity contribution in [1.29, 1.82) is 0 Å². The number of benzene rings is 1. The SMILES string of the molecule is c1cnc2ccc(CCC3CCCNC3)cc2c1. The maximum atomic E-state index is 4.36. The molecule has 0 amide bonds. The second-order valence-electron chi connectivity index (χ2n) is 5.28. The zero-order valence-corrected chi connectivity index (χ0v) is 10.7. The molecule has 1 unspecified atom stereocenters. The zero-order chi connectivity index (χ0) is 12.2. The summed E-state index contributed by atoms with van der Waals surface area (Å²) in [4.78, 5) is 4.36. The van der Waals surface area contributed by atoms with Gasteiger partial charge >= 0.3 is 0 Å². The Morgan fingerprint density at radius 2 is 2.28 bits per heavy atom. The minimum atomic E-state index is 0.864. The molecular formula is C16H20N2. The molecule has 3 rings (SSSR count). The van der Waals surface area contributed by atoms with Crippen LogP contribution in [-0.4, -0.2) is 18.1 Å². The summed E-state index contributed by atoms with van der Waals surface area (Å²) in [7, 11) is 0. The molecule has 1 aliphatic heterocycles. The Morgan fingerprint density at radius 3 is 3.17 bits per heavy atom. The van der Waals surface area contributed by atoms with E-state index in [9.17, 15) is 0 Å². The lowest BCUT2D eigenvalue weighted by molar-refractivity contribution is 0.358. The number of pyridine rings is 1. The molecule has 0 aliphatic carbocycles. The summed E-state index contributed by atoms with van der Waals surface area (Å²) < 4.78 is 0. The normalized spacial score (nSPS) is 20.1. The summed E-state index contributed by atoms with van der Waals surface area (Å²) >= 11 is 0. The van der Waals surface area contributed by atoms with Crippen LogP contribution in [0.4, 0.5) is 0 Å². The second-order valence-corrected chi connectivity index (χ2v) is 5.28. The topological polar surface area (TPSA) is 24.9 Å². The lowest BCUT2D eigenvalue weighted by Gasteiger charge is -2.22. The first-order valence-corrected chi connectivity index (χ1v) is 6.96. The number of rotatable bonds is 3. The number of hydrogen-bond acceptors (Lipinski definition) is 2. The highest BCUT2D eigenvalue weighted by Gasteiger charge is 2.12. The van der Waals surface area contributed by atoms with E-state index >= 15 is 0 Å². The molecule has 1 aliphatic rings. The van der Waals surface area contributed by atoms with Gasteiger partial charge in [-0.2, -0.15) is 0 Å². The predicted molar refractivity (Wildman–Crippen MR) is 75.7 cm³/mol. The van der Waals surface area contributed by atoms with Gasteiger partial charge in [0.25, 0.3) is 0 Å². The molecule has 1 aromatic carbocycles. The minimum absolute atomic E-state index is 0.864. The number of aromatic nitrogens is 1. The molecule has 1 fully saturated rings. The smallest absolute Gasteiger partial charge is 0.0702 e. The van der Waals surface area contributed by atoms with Crippen LogP contribution in [0, 0.1) is 5.92 Å². The van der Waals surface area contributed by atoms with Gasteiger partial charge in [0.2, 0.25) is 0 Å². The van der Waals surface area contributed by atoms with Crippen molar-refractivity contribution in [2.45, 2.75) is 25.7 Å². The summed E-state index contributed by atoms with van der Waals surface area (Å²) in [6.45, 7) is 2.41. The lowest BCUT2D eigenvalue weighted by atomic mass is 9.92. The lowest BCUT2D eigenvalue weighted by Crippen LogP contribution is -2.29. The maximum Gasteiger partial charge on any atom is 0.0702 e. The summed E-state index contributed by atoms with van der Waals surface area (Å²) in [6.07, 6.45) is 7.08. The van der Waals surface area contributed by atoms with E-state index in [1.54, 1.807) is 0 Å². The Bertz CT molecular complexity index is 515. The van der Waals surface area contributed by atoms with Crippen LogP contribution in [0.3, 0.4) is 0 Å². The third-order valence-corrected chi connectivity index (χ3v) is 3.91. The van der Waals surface area contributed by atoms with Gasteiger partial charge in [-0.1, -0.05) is 12.1 Å². The standard InChI is InChI=1S/C16H20N2/c1-3-14(12-17-9-1)6-5-13-7-8-16-15(11-13)4-2-10-18-16/h2,4,7-8,10-11,14,17H,1,3,5-6,9,12H2. The fourth-order valence-electron chi connectivity index (χ4n) is 2.82. The third-order valence-electron chi connectivity index (χ3n) is 3.91. The third kappa shape index (κ3) is 2.70. The average Bonchev–Trinajstić information content (AvgIpc) is 2.46. The van der Waals surface area contributed by atoms with E-state index in [4.69, 9.17) is 0 Å². The van der Waals surface area contributed by atoms with E-state index in [0.29, 0.717) is 0 Å². The molecule has 1 atom stereocenters. The van der Waals surface area contributed by atoms with Crippen LogP contribution in [0.2, 0.25) is 0 Å². The van der Waals surface area contributed by atoms with Crippen LogP contribution >= 0.6 is 0 Å². The molecule has 0 saturated carbocycles. The Kier molecular flexibility index (Phi) is 3.56. The highest BCUT2D eigenvalue weighted by Crippen LogP contribution is 2.19. The molecule has 2 heteroatoms. The van der Waals surface area contributed by atoms with Crippen molar-refractivity contribution in [3.63, 3.8) is 0 Å². The van der Waals surface area contributed by atoms with Gasteiger partial charge in [0.05, 0.1) is 5.52 Å². The van der Waals surface area contributed by atoms with E-state index in [1.807, 2.05) is 12.3 Å². The fourth-order valence-corrected chi connectivity index (χ4v) is 2.82. The molecule has 2 aromatic rings. The molecular weight excluding hydrogens is 220 g/mol. The largest absolute Gasteiger partial charge is 0.316 e. The van der Waals surface area contributed by atoms with Crippen molar-refractivity contribution in [3.8, 4) is 0 Å². The van der Waals surface area contributed by atoms with Crippen molar-refractivity contribution >= 4 is 10.9 Å². The van der Waals surface area contributed by atoms with E-state index in [0.717, 1.165) is 11.4 Å². The number of aryl methyl sites for hydroxylation is 1. The molecule has 2 nitrogen and oxygen atoms in total. The van der Waals surface area contributed by atoms with Crippen molar-refractivity contribution in [3.05, 3.63) is 42.1 Å². The molecule has 0 bridgehead atoms. The molecule has 1 N–H and O–H groups in total. The van der Waals surface area contributed by atoms with Crippen LogP contribution in [0.1, 0.15) is 24.8 Å². The van der Waals surface area contributed by atoms with Crippen molar-refractivity contribution in [2.24, 2.45) is 5.92 Å². The number of fused-ring (bicyclic) bond motifs is 1. The van der Waals surface area contributed by atoms with Gasteiger partial charge in [-0.3, -0.25) is 4.98 Å². The van der Waals surface area contributed by atoms with Gasteiger partial charge in [0.1, 0.15) is 0 Å². The van der Waals surface area contributed by atoms with Crippen LogP contribution in [-0.2, 0) is 6.42 Å². The second kappa shape index (κ2) is 5.49. The van der Waals surface area contributed by atoms with Gasteiger partial charge in [-0.25, -0.2) is 0 Å². The number of nitrogens with zero attached hydrogens (tertiary/aromatic N) is 1. The monoisotopic (exact) mass is 240 g/mol. The Morgan fingerprint density at radius 1 is 1.28 bits per heavy atom. The molecule has 1 saturated heterocycles. The van der Waals surface area contributed by atoms with E-state index in [-0.39, 0.29) is 0 Å². The first kappa shape index (κ1) is 11.7. The Labute approximate surface area is 108 Å². The first-order valence-electron chi connectivity index (χ1n) is 6.96. The van der Waals surface area contributed by atoms with Crippen LogP contribution in [0.15, 0.2) is 36.5 Å². The molecule has 0 radical (unpaired) electrons. The zero-order valence-electron chi connectivity index (χ0n) is 10.7. The summed E-state index contributed by atoms with van der Waals surface area (Å²) in [5.41, 5.74) is 2.54. The maximum absolute atomic E-state index is 4.36. The molecule has 2 heterocycles. The van der Waals surface area contributed by atoms with Gasteiger partial charge in [0.15, 0.2) is 0 Å². The molecule has 0 spiro atoms. The summed E-state index contributed by atoms with van der Waals surface area (Å²) in [6, 6.07) is 10.8. The van der Waals surface area contributed by atoms with Gasteiger partial charge in [-0.15, -0.1) is 0 Å². The number of hydrogen-bond donors (Lipinski definition) is 1.